The highest BCUT2D eigenvalue weighted by molar-refractivity contribution is 7.79. The van der Waals surface area contributed by atoms with Gasteiger partial charge in [0.15, 0.2) is 11.1 Å². The van der Waals surface area contributed by atoms with Gasteiger partial charge in [0.1, 0.15) is 0 Å². The van der Waals surface area contributed by atoms with Gasteiger partial charge in [-0.3, -0.25) is 0 Å². The quantitative estimate of drug-likeness (QED) is 0.843. The molecule has 98 valence electrons. The van der Waals surface area contributed by atoms with E-state index in [9.17, 15) is 4.21 Å². The topological polar surface area (TPSA) is 40.5 Å². The van der Waals surface area contributed by atoms with E-state index in [2.05, 4.69) is 25.7 Å². The number of hydrogen-bond acceptors (Lipinski definition) is 2. The van der Waals surface area contributed by atoms with E-state index < -0.39 is 11.1 Å². The highest BCUT2D eigenvalue weighted by Gasteiger charge is 2.00. The van der Waals surface area contributed by atoms with Crippen molar-refractivity contribution in [2.75, 3.05) is 19.6 Å². The molecular weight excluding hydrogens is 234 g/mol. The van der Waals surface area contributed by atoms with E-state index in [0.717, 1.165) is 5.56 Å². The lowest BCUT2D eigenvalue weighted by Gasteiger charge is -2.13. The van der Waals surface area contributed by atoms with Crippen molar-refractivity contribution in [2.24, 2.45) is 0 Å². The molecule has 0 amide bonds. The first-order valence-corrected chi connectivity index (χ1v) is 7.06. The Morgan fingerprint density at radius 2 is 1.59 bits per heavy atom. The zero-order valence-electron chi connectivity index (χ0n) is 11.1. The number of benzene rings is 1. The van der Waals surface area contributed by atoms with Gasteiger partial charge in [0.25, 0.3) is 0 Å². The lowest BCUT2D eigenvalue weighted by molar-refractivity contribution is 0.321. The molecule has 1 aromatic carbocycles. The summed E-state index contributed by atoms with van der Waals surface area (Å²) < 4.78 is 19.2. The van der Waals surface area contributed by atoms with Gasteiger partial charge in [-0.1, -0.05) is 39.0 Å². The van der Waals surface area contributed by atoms with Crippen molar-refractivity contribution in [3.8, 4) is 0 Å². The smallest absolute Gasteiger partial charge is 0.186 e. The van der Waals surface area contributed by atoms with Gasteiger partial charge in [-0.2, -0.15) is 0 Å². The van der Waals surface area contributed by atoms with Crippen molar-refractivity contribution in [2.45, 2.75) is 32.6 Å². The van der Waals surface area contributed by atoms with Gasteiger partial charge in [-0.25, -0.2) is 4.21 Å². The summed E-state index contributed by atoms with van der Waals surface area (Å²) >= 11 is -1.84. The molecule has 0 bridgehead atoms. The number of nitrogens with zero attached hydrogens (tertiary/aromatic N) is 1. The zero-order valence-corrected chi connectivity index (χ0v) is 12.0. The maximum absolute atomic E-state index is 10.5. The van der Waals surface area contributed by atoms with E-state index >= 15 is 0 Å². The highest BCUT2D eigenvalue weighted by Crippen LogP contribution is 2.09. The first-order chi connectivity index (χ1) is 8.06. The number of rotatable bonds is 4. The molecule has 1 unspecified atom stereocenters. The fourth-order valence-corrected chi connectivity index (χ4v) is 1.96. The third-order valence-electron chi connectivity index (χ3n) is 2.62. The van der Waals surface area contributed by atoms with Crippen LogP contribution >= 0.6 is 0 Å². The van der Waals surface area contributed by atoms with Gasteiger partial charge < -0.3 is 9.45 Å². The van der Waals surface area contributed by atoms with Crippen molar-refractivity contribution in [3.05, 3.63) is 29.8 Å². The molecule has 1 atom stereocenters. The van der Waals surface area contributed by atoms with Gasteiger partial charge in [-0.15, -0.1) is 0 Å². The van der Waals surface area contributed by atoms with E-state index in [-0.39, 0.29) is 0 Å². The largest absolute Gasteiger partial charge is 0.304 e. The standard InChI is InChI=1S/C7H8O2S.C6H15N/c1-6-4-2-3-5-7(6)10(8)9;1-4-7(5-2)6-3/h2-5H,1H3,(H,8,9);4-6H2,1-3H3. The molecule has 0 fully saturated rings. The van der Waals surface area contributed by atoms with Crippen LogP contribution < -0.4 is 0 Å². The first kappa shape index (κ1) is 16.3. The molecule has 0 aliphatic heterocycles. The third kappa shape index (κ3) is 6.56. The molecule has 3 nitrogen and oxygen atoms in total. The Morgan fingerprint density at radius 3 is 1.82 bits per heavy atom. The molecule has 4 heteroatoms. The van der Waals surface area contributed by atoms with E-state index in [1.54, 1.807) is 12.1 Å². The van der Waals surface area contributed by atoms with Crippen molar-refractivity contribution in [1.82, 2.24) is 4.90 Å². The van der Waals surface area contributed by atoms with E-state index in [1.165, 1.54) is 19.6 Å². The third-order valence-corrected chi connectivity index (χ3v) is 3.46. The maximum Gasteiger partial charge on any atom is 0.186 e. The molecule has 1 N–H and O–H groups in total. The summed E-state index contributed by atoms with van der Waals surface area (Å²) in [7, 11) is 0. The molecular formula is C13H23NO2S. The van der Waals surface area contributed by atoms with Crippen molar-refractivity contribution in [3.63, 3.8) is 0 Å². The van der Waals surface area contributed by atoms with Gasteiger partial charge in [0, 0.05) is 0 Å². The van der Waals surface area contributed by atoms with E-state index in [4.69, 9.17) is 4.55 Å². The van der Waals surface area contributed by atoms with Gasteiger partial charge in [0.05, 0.1) is 4.90 Å². The second-order valence-corrected chi connectivity index (χ2v) is 4.57. The van der Waals surface area contributed by atoms with Gasteiger partial charge >= 0.3 is 0 Å². The predicted octanol–water partition coefficient (Wildman–Crippen LogP) is 2.92. The maximum atomic E-state index is 10.5. The molecule has 1 aromatic rings. The van der Waals surface area contributed by atoms with Crippen LogP contribution in [0.1, 0.15) is 26.3 Å². The lowest BCUT2D eigenvalue weighted by atomic mass is 10.2. The summed E-state index contributed by atoms with van der Waals surface area (Å²) in [5.41, 5.74) is 0.850. The molecule has 0 radical (unpaired) electrons. The van der Waals surface area contributed by atoms with Crippen LogP contribution in [-0.2, 0) is 11.1 Å². The Kier molecular flexibility index (Phi) is 8.94. The predicted molar refractivity (Wildman–Crippen MR) is 73.7 cm³/mol. The fourth-order valence-electron chi connectivity index (χ4n) is 1.42. The molecule has 17 heavy (non-hydrogen) atoms. The van der Waals surface area contributed by atoms with Crippen LogP contribution in [0.2, 0.25) is 0 Å². The lowest BCUT2D eigenvalue weighted by Crippen LogP contribution is -2.21. The summed E-state index contributed by atoms with van der Waals surface area (Å²) in [5, 5.41) is 0. The zero-order chi connectivity index (χ0) is 13.3. The molecule has 0 saturated carbocycles. The van der Waals surface area contributed by atoms with Gasteiger partial charge in [-0.05, 0) is 38.2 Å². The molecule has 0 aliphatic carbocycles. The first-order valence-electron chi connectivity index (χ1n) is 5.95. The average Bonchev–Trinajstić information content (AvgIpc) is 2.32. The molecule has 0 aliphatic rings. The summed E-state index contributed by atoms with van der Waals surface area (Å²) in [6.07, 6.45) is 0. The highest BCUT2D eigenvalue weighted by atomic mass is 32.2. The summed E-state index contributed by atoms with van der Waals surface area (Å²) in [5.74, 6) is 0. The minimum Gasteiger partial charge on any atom is -0.304 e. The summed E-state index contributed by atoms with van der Waals surface area (Å²) in [6, 6.07) is 7.04. The van der Waals surface area contributed by atoms with Crippen LogP contribution in [0.15, 0.2) is 29.2 Å². The van der Waals surface area contributed by atoms with Crippen LogP contribution in [-0.4, -0.2) is 33.3 Å². The van der Waals surface area contributed by atoms with Gasteiger partial charge in [0.2, 0.25) is 0 Å². The molecule has 0 aromatic heterocycles. The normalized spacial score (nSPS) is 11.9. The van der Waals surface area contributed by atoms with E-state index in [0.29, 0.717) is 4.90 Å². The molecule has 0 heterocycles. The average molecular weight is 257 g/mol. The monoisotopic (exact) mass is 257 g/mol. The summed E-state index contributed by atoms with van der Waals surface area (Å²) in [4.78, 5) is 2.86. The second kappa shape index (κ2) is 9.33. The minimum absolute atomic E-state index is 0.488. The fraction of sp³-hybridized carbons (Fsp3) is 0.538. The Bertz CT molecular complexity index is 332. The van der Waals surface area contributed by atoms with Crippen molar-refractivity contribution in [1.29, 1.82) is 0 Å². The number of hydrogen-bond donors (Lipinski definition) is 1. The van der Waals surface area contributed by atoms with Crippen LogP contribution in [0.25, 0.3) is 0 Å². The Labute approximate surface area is 107 Å². The Morgan fingerprint density at radius 1 is 1.12 bits per heavy atom. The van der Waals surface area contributed by atoms with Crippen molar-refractivity contribution >= 4 is 11.1 Å². The molecule has 0 spiro atoms. The van der Waals surface area contributed by atoms with Crippen LogP contribution in [0.5, 0.6) is 0 Å². The minimum atomic E-state index is -1.84. The molecule has 1 rings (SSSR count). The van der Waals surface area contributed by atoms with Crippen molar-refractivity contribution < 1.29 is 8.76 Å². The molecule has 0 saturated heterocycles. The summed E-state index contributed by atoms with van der Waals surface area (Å²) in [6.45, 7) is 11.9. The van der Waals surface area contributed by atoms with Crippen LogP contribution in [0.3, 0.4) is 0 Å². The van der Waals surface area contributed by atoms with Crippen LogP contribution in [0, 0.1) is 6.92 Å². The second-order valence-electron chi connectivity index (χ2n) is 3.63. The SMILES string of the molecule is CCN(CC)CC.Cc1ccccc1S(=O)O. The Balaban J connectivity index is 0.000000325. The number of aryl methyl sites for hydroxylation is 1. The van der Waals surface area contributed by atoms with Crippen LogP contribution in [0.4, 0.5) is 0 Å². The Hall–Kier alpha value is -0.710. The van der Waals surface area contributed by atoms with E-state index in [1.807, 2.05) is 19.1 Å².